The van der Waals surface area contributed by atoms with Crippen LogP contribution in [0.4, 0.5) is 0 Å². The topological polar surface area (TPSA) is 132 Å². The fourth-order valence-electron chi connectivity index (χ4n) is 10.3. The molecule has 6 fully saturated rings. The molecule has 41 heavy (non-hydrogen) atoms. The number of allylic oxidation sites excluding steroid dienone is 1. The van der Waals surface area contributed by atoms with Crippen molar-refractivity contribution in [2.75, 3.05) is 0 Å². The van der Waals surface area contributed by atoms with Gasteiger partial charge in [-0.2, -0.15) is 0 Å². The van der Waals surface area contributed by atoms with Gasteiger partial charge in [0.15, 0.2) is 17.7 Å². The Bertz CT molecular complexity index is 1200. The second kappa shape index (κ2) is 8.42. The molecule has 7 rings (SSSR count). The zero-order chi connectivity index (χ0) is 30.2. The molecule has 10 atom stereocenters. The number of fused-ring (bicyclic) bond motifs is 3. The highest BCUT2D eigenvalue weighted by Crippen LogP contribution is 2.75. The van der Waals surface area contributed by atoms with Gasteiger partial charge < -0.3 is 34.3 Å². The van der Waals surface area contributed by atoms with Crippen molar-refractivity contribution < 1.29 is 43.9 Å². The molecule has 0 aromatic heterocycles. The van der Waals surface area contributed by atoms with E-state index < -0.39 is 62.8 Å². The van der Waals surface area contributed by atoms with Crippen molar-refractivity contribution in [3.63, 3.8) is 0 Å². The summed E-state index contributed by atoms with van der Waals surface area (Å²) in [4.78, 5) is 25.6. The van der Waals surface area contributed by atoms with Crippen molar-refractivity contribution in [3.8, 4) is 0 Å². The summed E-state index contributed by atoms with van der Waals surface area (Å²) >= 11 is 0. The van der Waals surface area contributed by atoms with Crippen LogP contribution >= 0.6 is 0 Å². The lowest BCUT2D eigenvalue weighted by molar-refractivity contribution is -0.408. The molecule has 3 saturated carbocycles. The Labute approximate surface area is 242 Å². The minimum absolute atomic E-state index is 0.0609. The second-order valence-electron chi connectivity index (χ2n) is 15.7. The molecule has 0 amide bonds. The Morgan fingerprint density at radius 3 is 2.37 bits per heavy atom. The molecule has 3 saturated heterocycles. The normalized spacial score (nSPS) is 51.7. The number of hydrogen-bond acceptors (Lipinski definition) is 9. The molecule has 0 unspecified atom stereocenters. The molecule has 1 spiro atoms. The predicted molar refractivity (Wildman–Crippen MR) is 147 cm³/mol. The third kappa shape index (κ3) is 3.81. The monoisotopic (exact) mass is 576 g/mol. The highest BCUT2D eigenvalue weighted by molar-refractivity contribution is 5.96. The summed E-state index contributed by atoms with van der Waals surface area (Å²) in [5, 5.41) is 35.1. The molecule has 9 heteroatoms. The van der Waals surface area contributed by atoms with Crippen LogP contribution in [0, 0.1) is 22.7 Å². The van der Waals surface area contributed by atoms with Crippen LogP contribution in [0.5, 0.6) is 0 Å². The quantitative estimate of drug-likeness (QED) is 0.419. The number of rotatable bonds is 5. The molecule has 0 radical (unpaired) electrons. The maximum Gasteiger partial charge on any atom is 0.303 e. The summed E-state index contributed by atoms with van der Waals surface area (Å²) < 4.78 is 25.3. The van der Waals surface area contributed by atoms with E-state index in [1.54, 1.807) is 19.9 Å². The lowest BCUT2D eigenvalue weighted by atomic mass is 9.41. The largest absolute Gasteiger partial charge is 0.457 e. The smallest absolute Gasteiger partial charge is 0.303 e. The number of aliphatic hydroxyl groups is 3. The third-order valence-corrected chi connectivity index (χ3v) is 12.2. The third-order valence-electron chi connectivity index (χ3n) is 12.2. The van der Waals surface area contributed by atoms with Crippen molar-refractivity contribution in [1.82, 2.24) is 0 Å². The van der Waals surface area contributed by atoms with Gasteiger partial charge in [0, 0.05) is 30.1 Å². The number of ketones is 1. The fraction of sp³-hybridized carbons (Fsp3) is 0.875. The minimum Gasteiger partial charge on any atom is -0.457 e. The van der Waals surface area contributed by atoms with Gasteiger partial charge in [-0.3, -0.25) is 9.59 Å². The molecule has 0 aromatic rings. The van der Waals surface area contributed by atoms with Crippen molar-refractivity contribution >= 4 is 11.8 Å². The van der Waals surface area contributed by atoms with Crippen molar-refractivity contribution in [2.24, 2.45) is 22.7 Å². The zero-order valence-corrected chi connectivity index (χ0v) is 25.8. The van der Waals surface area contributed by atoms with E-state index >= 15 is 0 Å². The lowest BCUT2D eigenvalue weighted by Gasteiger charge is -2.71. The van der Waals surface area contributed by atoms with Crippen LogP contribution in [0.25, 0.3) is 0 Å². The van der Waals surface area contributed by atoms with Crippen LogP contribution in [0.3, 0.4) is 0 Å². The number of hydrogen-bond donors (Lipinski definition) is 3. The summed E-state index contributed by atoms with van der Waals surface area (Å²) in [7, 11) is 0. The van der Waals surface area contributed by atoms with Gasteiger partial charge in [-0.05, 0) is 97.1 Å². The van der Waals surface area contributed by atoms with Crippen LogP contribution in [-0.4, -0.2) is 73.3 Å². The van der Waals surface area contributed by atoms with E-state index in [2.05, 4.69) is 13.8 Å². The molecule has 3 N–H and O–H groups in total. The molecule has 4 aliphatic carbocycles. The summed E-state index contributed by atoms with van der Waals surface area (Å²) in [5.74, 6) is -3.84. The molecule has 9 nitrogen and oxygen atoms in total. The molecular formula is C32H48O9. The minimum atomic E-state index is -1.80. The molecule has 0 aromatic carbocycles. The summed E-state index contributed by atoms with van der Waals surface area (Å²) in [6.07, 6.45) is 4.12. The molecule has 230 valence electrons. The van der Waals surface area contributed by atoms with E-state index in [-0.39, 0.29) is 30.6 Å². The van der Waals surface area contributed by atoms with Gasteiger partial charge in [0.25, 0.3) is 0 Å². The SMILES string of the molecule is CC(=O)O[C@H]1C[C@@]2(C)[C@H]3C[C@@]1(O)O[C@@]21CC[C@]2(C)[C@@H]([C@@]4(C)OC(C)(C)O[C@@H]4CCC(C)(C)O)CC[C@@]2(O)C1=CC3=O. The maximum absolute atomic E-state index is 13.7. The van der Waals surface area contributed by atoms with Gasteiger partial charge in [-0.25, -0.2) is 0 Å². The predicted octanol–water partition coefficient (Wildman–Crippen LogP) is 3.70. The van der Waals surface area contributed by atoms with Crippen LogP contribution in [0.15, 0.2) is 11.6 Å². The van der Waals surface area contributed by atoms with E-state index in [4.69, 9.17) is 18.9 Å². The van der Waals surface area contributed by atoms with Crippen LogP contribution in [-0.2, 0) is 28.5 Å². The molecule has 7 aliphatic rings. The molecule has 3 heterocycles. The summed E-state index contributed by atoms with van der Waals surface area (Å²) in [6.45, 7) is 14.9. The first-order valence-electron chi connectivity index (χ1n) is 15.3. The highest BCUT2D eigenvalue weighted by atomic mass is 16.8. The summed E-state index contributed by atoms with van der Waals surface area (Å²) in [6, 6.07) is 0. The first kappa shape index (κ1) is 29.7. The highest BCUT2D eigenvalue weighted by Gasteiger charge is 2.80. The van der Waals surface area contributed by atoms with Gasteiger partial charge in [0.2, 0.25) is 5.79 Å². The van der Waals surface area contributed by atoms with Crippen LogP contribution < -0.4 is 0 Å². The van der Waals surface area contributed by atoms with Gasteiger partial charge in [0.05, 0.1) is 22.9 Å². The zero-order valence-electron chi connectivity index (χ0n) is 25.8. The van der Waals surface area contributed by atoms with E-state index in [0.29, 0.717) is 44.1 Å². The maximum atomic E-state index is 13.7. The number of carbonyl (C=O) groups is 2. The number of carbonyl (C=O) groups excluding carboxylic acids is 2. The first-order valence-corrected chi connectivity index (χ1v) is 15.3. The second-order valence-corrected chi connectivity index (χ2v) is 15.7. The van der Waals surface area contributed by atoms with Gasteiger partial charge >= 0.3 is 5.97 Å². The van der Waals surface area contributed by atoms with Crippen LogP contribution in [0.2, 0.25) is 0 Å². The van der Waals surface area contributed by atoms with E-state index in [9.17, 15) is 24.9 Å². The molecule has 3 aliphatic heterocycles. The summed E-state index contributed by atoms with van der Waals surface area (Å²) in [5.41, 5.74) is -4.88. The van der Waals surface area contributed by atoms with Crippen LogP contribution in [0.1, 0.15) is 107 Å². The number of ether oxygens (including phenoxy) is 4. The first-order chi connectivity index (χ1) is 18.6. The Morgan fingerprint density at radius 1 is 1.05 bits per heavy atom. The Morgan fingerprint density at radius 2 is 1.73 bits per heavy atom. The van der Waals surface area contributed by atoms with E-state index in [0.717, 1.165) is 0 Å². The Balaban J connectivity index is 1.40. The van der Waals surface area contributed by atoms with Gasteiger partial charge in [-0.15, -0.1) is 0 Å². The Hall–Kier alpha value is -1.36. The average molecular weight is 577 g/mol. The van der Waals surface area contributed by atoms with E-state index in [1.165, 1.54) is 6.92 Å². The van der Waals surface area contributed by atoms with Crippen molar-refractivity contribution in [2.45, 2.75) is 153 Å². The fourth-order valence-corrected chi connectivity index (χ4v) is 10.3. The van der Waals surface area contributed by atoms with E-state index in [1.807, 2.05) is 20.8 Å². The Kier molecular flexibility index (Phi) is 6.10. The lowest BCUT2D eigenvalue weighted by Crippen LogP contribution is -2.79. The molecule has 4 bridgehead atoms. The number of esters is 1. The van der Waals surface area contributed by atoms with Crippen molar-refractivity contribution in [3.05, 3.63) is 11.6 Å². The van der Waals surface area contributed by atoms with Crippen molar-refractivity contribution in [1.29, 1.82) is 0 Å². The van der Waals surface area contributed by atoms with Gasteiger partial charge in [0.1, 0.15) is 5.60 Å². The average Bonchev–Trinajstić information content (AvgIpc) is 3.23. The molecular weight excluding hydrogens is 528 g/mol. The van der Waals surface area contributed by atoms with Gasteiger partial charge in [-0.1, -0.05) is 13.8 Å². The standard InChI is InChI=1S/C32H48O9/c1-18(33)38-24-17-28(7)19-16-32(24,37)41-31(28)14-13-27(6)21(9-12-30(27,36)22(31)15-20(19)34)29(8)23(10-11-25(2,3)35)39-26(4,5)40-29/h15,19,21,23-24,35-37H,9-14,16-17H2,1-8H3/t19-,21-,23+,24-,27+,28-,29+,30+,31+,32+/m0/s1.